The lowest BCUT2D eigenvalue weighted by Gasteiger charge is -2.31. The summed E-state index contributed by atoms with van der Waals surface area (Å²) in [5.74, 6) is 2.25. The summed E-state index contributed by atoms with van der Waals surface area (Å²) in [6.45, 7) is 4.33. The number of fused-ring (bicyclic) bond motifs is 1. The van der Waals surface area contributed by atoms with Gasteiger partial charge < -0.3 is 10.3 Å². The van der Waals surface area contributed by atoms with Crippen LogP contribution in [0.15, 0.2) is 24.3 Å². The van der Waals surface area contributed by atoms with E-state index in [1.54, 1.807) is 11.8 Å². The number of thioether (sulfide) groups is 1. The van der Waals surface area contributed by atoms with Crippen LogP contribution in [0.1, 0.15) is 57.0 Å². The predicted molar refractivity (Wildman–Crippen MR) is 101 cm³/mol. The van der Waals surface area contributed by atoms with Gasteiger partial charge in [-0.2, -0.15) is 0 Å². The zero-order chi connectivity index (χ0) is 16.9. The molecule has 24 heavy (non-hydrogen) atoms. The Balaban J connectivity index is 1.51. The Morgan fingerprint density at radius 3 is 2.96 bits per heavy atom. The number of benzene rings is 1. The van der Waals surface area contributed by atoms with E-state index in [1.165, 1.54) is 19.3 Å². The van der Waals surface area contributed by atoms with Crippen molar-refractivity contribution in [3.05, 3.63) is 30.1 Å². The van der Waals surface area contributed by atoms with Gasteiger partial charge in [0.05, 0.1) is 22.0 Å². The smallest absolute Gasteiger partial charge is 0.230 e. The number of hydrogen-bond donors (Lipinski definition) is 2. The van der Waals surface area contributed by atoms with Crippen LogP contribution in [0, 0.1) is 5.92 Å². The largest absolute Gasteiger partial charge is 0.352 e. The van der Waals surface area contributed by atoms with Gasteiger partial charge in [0.25, 0.3) is 0 Å². The standard InChI is InChI=1S/C19H27N3OS/c1-3-14-8-4-5-9-15(14)20-18(23)12-24-13(2)19-21-16-10-6-7-11-17(16)22-19/h6-7,10-11,13-15H,3-5,8-9,12H2,1-2H3,(H,20,23)(H,21,22). The van der Waals surface area contributed by atoms with Crippen molar-refractivity contribution >= 4 is 28.7 Å². The van der Waals surface area contributed by atoms with Gasteiger partial charge in [-0.15, -0.1) is 11.8 Å². The second kappa shape index (κ2) is 8.06. The van der Waals surface area contributed by atoms with E-state index in [2.05, 4.69) is 29.1 Å². The van der Waals surface area contributed by atoms with E-state index in [9.17, 15) is 4.79 Å². The molecule has 1 aliphatic carbocycles. The summed E-state index contributed by atoms with van der Waals surface area (Å²) in [6.07, 6.45) is 6.10. The van der Waals surface area contributed by atoms with Gasteiger partial charge in [-0.05, 0) is 37.8 Å². The number of para-hydroxylation sites is 2. The molecule has 0 radical (unpaired) electrons. The molecule has 0 bridgehead atoms. The second-order valence-corrected chi connectivity index (χ2v) is 8.05. The third kappa shape index (κ3) is 4.12. The van der Waals surface area contributed by atoms with E-state index >= 15 is 0 Å². The van der Waals surface area contributed by atoms with E-state index in [4.69, 9.17) is 0 Å². The first-order valence-electron chi connectivity index (χ1n) is 9.03. The summed E-state index contributed by atoms with van der Waals surface area (Å²) in [5, 5.41) is 3.44. The van der Waals surface area contributed by atoms with Crippen LogP contribution < -0.4 is 5.32 Å². The van der Waals surface area contributed by atoms with E-state index in [-0.39, 0.29) is 11.2 Å². The lowest BCUT2D eigenvalue weighted by atomic mass is 9.83. The van der Waals surface area contributed by atoms with Crippen molar-refractivity contribution in [2.75, 3.05) is 5.75 Å². The number of imidazole rings is 1. The van der Waals surface area contributed by atoms with Crippen LogP contribution in [0.25, 0.3) is 11.0 Å². The molecule has 130 valence electrons. The fourth-order valence-corrected chi connectivity index (χ4v) is 4.33. The van der Waals surface area contributed by atoms with Crippen molar-refractivity contribution in [3.8, 4) is 0 Å². The van der Waals surface area contributed by atoms with Crippen LogP contribution in [0.2, 0.25) is 0 Å². The molecule has 1 heterocycles. The monoisotopic (exact) mass is 345 g/mol. The number of nitrogens with zero attached hydrogens (tertiary/aromatic N) is 1. The minimum Gasteiger partial charge on any atom is -0.352 e. The Morgan fingerprint density at radius 1 is 1.38 bits per heavy atom. The highest BCUT2D eigenvalue weighted by atomic mass is 32.2. The molecule has 0 spiro atoms. The molecule has 3 atom stereocenters. The molecule has 1 amide bonds. The fourth-order valence-electron chi connectivity index (χ4n) is 3.58. The molecule has 3 rings (SSSR count). The number of amides is 1. The normalized spacial score (nSPS) is 22.4. The van der Waals surface area contributed by atoms with Gasteiger partial charge in [-0.25, -0.2) is 4.98 Å². The number of carbonyl (C=O) groups is 1. The minimum atomic E-state index is 0.160. The van der Waals surface area contributed by atoms with E-state index < -0.39 is 0 Å². The molecule has 0 saturated heterocycles. The maximum atomic E-state index is 12.3. The quantitative estimate of drug-likeness (QED) is 0.813. The Bertz CT molecular complexity index is 651. The highest BCUT2D eigenvalue weighted by Gasteiger charge is 2.25. The van der Waals surface area contributed by atoms with Crippen LogP contribution in [0.5, 0.6) is 0 Å². The molecule has 1 aliphatic rings. The average Bonchev–Trinajstić information content (AvgIpc) is 3.04. The van der Waals surface area contributed by atoms with Gasteiger partial charge >= 0.3 is 0 Å². The Labute approximate surface area is 148 Å². The number of hydrogen-bond acceptors (Lipinski definition) is 3. The van der Waals surface area contributed by atoms with Crippen LogP contribution in [-0.2, 0) is 4.79 Å². The first-order chi connectivity index (χ1) is 11.7. The van der Waals surface area contributed by atoms with Gasteiger partial charge in [0, 0.05) is 6.04 Å². The minimum absolute atomic E-state index is 0.160. The molecular formula is C19H27N3OS. The Morgan fingerprint density at radius 2 is 2.17 bits per heavy atom. The van der Waals surface area contributed by atoms with Crippen LogP contribution >= 0.6 is 11.8 Å². The average molecular weight is 346 g/mol. The van der Waals surface area contributed by atoms with Crippen molar-refractivity contribution < 1.29 is 4.79 Å². The van der Waals surface area contributed by atoms with Crippen molar-refractivity contribution in [1.82, 2.24) is 15.3 Å². The highest BCUT2D eigenvalue weighted by Crippen LogP contribution is 2.29. The Kier molecular flexibility index (Phi) is 5.82. The number of carbonyl (C=O) groups excluding carboxylic acids is 1. The first-order valence-corrected chi connectivity index (χ1v) is 10.1. The molecule has 5 heteroatoms. The molecule has 2 N–H and O–H groups in total. The lowest BCUT2D eigenvalue weighted by Crippen LogP contribution is -2.42. The van der Waals surface area contributed by atoms with E-state index in [0.717, 1.165) is 29.7 Å². The fraction of sp³-hybridized carbons (Fsp3) is 0.579. The van der Waals surface area contributed by atoms with Crippen LogP contribution in [0.3, 0.4) is 0 Å². The molecule has 3 unspecified atom stereocenters. The van der Waals surface area contributed by atoms with Gasteiger partial charge in [0.15, 0.2) is 0 Å². The second-order valence-electron chi connectivity index (χ2n) is 6.72. The third-order valence-electron chi connectivity index (χ3n) is 5.04. The zero-order valence-corrected chi connectivity index (χ0v) is 15.4. The summed E-state index contributed by atoms with van der Waals surface area (Å²) in [6, 6.07) is 8.41. The maximum absolute atomic E-state index is 12.3. The summed E-state index contributed by atoms with van der Waals surface area (Å²) in [4.78, 5) is 20.3. The van der Waals surface area contributed by atoms with E-state index in [1.807, 2.05) is 24.3 Å². The topological polar surface area (TPSA) is 57.8 Å². The summed E-state index contributed by atoms with van der Waals surface area (Å²) in [5.41, 5.74) is 2.04. The number of aromatic amines is 1. The highest BCUT2D eigenvalue weighted by molar-refractivity contribution is 8.00. The molecule has 1 saturated carbocycles. The van der Waals surface area contributed by atoms with Crippen molar-refractivity contribution in [1.29, 1.82) is 0 Å². The molecular weight excluding hydrogens is 318 g/mol. The number of nitrogens with one attached hydrogen (secondary N) is 2. The molecule has 1 aromatic heterocycles. The van der Waals surface area contributed by atoms with Crippen LogP contribution in [-0.4, -0.2) is 27.7 Å². The molecule has 1 fully saturated rings. The first kappa shape index (κ1) is 17.3. The lowest BCUT2D eigenvalue weighted by molar-refractivity contribution is -0.119. The molecule has 4 nitrogen and oxygen atoms in total. The van der Waals surface area contributed by atoms with Gasteiger partial charge in [-0.1, -0.05) is 38.3 Å². The summed E-state index contributed by atoms with van der Waals surface area (Å²) in [7, 11) is 0. The predicted octanol–water partition coefficient (Wildman–Crippen LogP) is 4.44. The molecule has 0 aliphatic heterocycles. The number of rotatable bonds is 6. The summed E-state index contributed by atoms with van der Waals surface area (Å²) >= 11 is 1.64. The van der Waals surface area contributed by atoms with E-state index in [0.29, 0.717) is 17.7 Å². The van der Waals surface area contributed by atoms with Crippen LogP contribution in [0.4, 0.5) is 0 Å². The Hall–Kier alpha value is -1.49. The van der Waals surface area contributed by atoms with Crippen molar-refractivity contribution in [2.45, 2.75) is 57.2 Å². The van der Waals surface area contributed by atoms with Crippen molar-refractivity contribution in [2.24, 2.45) is 5.92 Å². The number of aromatic nitrogens is 2. The van der Waals surface area contributed by atoms with Crippen molar-refractivity contribution in [3.63, 3.8) is 0 Å². The zero-order valence-electron chi connectivity index (χ0n) is 14.5. The third-order valence-corrected chi connectivity index (χ3v) is 6.19. The summed E-state index contributed by atoms with van der Waals surface area (Å²) < 4.78 is 0. The van der Waals surface area contributed by atoms with Gasteiger partial charge in [0.1, 0.15) is 5.82 Å². The van der Waals surface area contributed by atoms with Gasteiger partial charge in [0.2, 0.25) is 5.91 Å². The van der Waals surface area contributed by atoms with Gasteiger partial charge in [-0.3, -0.25) is 4.79 Å². The SMILES string of the molecule is CCC1CCCCC1NC(=O)CSC(C)c1nc2ccccc2[nH]1. The molecule has 2 aromatic rings. The number of H-pyrrole nitrogens is 1. The molecule has 1 aromatic carbocycles. The maximum Gasteiger partial charge on any atom is 0.230 e.